The highest BCUT2D eigenvalue weighted by Crippen LogP contribution is 1.88. The molecular weight excluding hydrogens is 158 g/mol. The lowest BCUT2D eigenvalue weighted by Gasteiger charge is -2.14. The van der Waals surface area contributed by atoms with Crippen molar-refractivity contribution in [3.8, 4) is 0 Å². The SMILES string of the molecule is CCOCCNC(CO)CCO. The van der Waals surface area contributed by atoms with Gasteiger partial charge in [-0.25, -0.2) is 0 Å². The fraction of sp³-hybridized carbons (Fsp3) is 1.00. The summed E-state index contributed by atoms with van der Waals surface area (Å²) >= 11 is 0. The summed E-state index contributed by atoms with van der Waals surface area (Å²) in [7, 11) is 0. The van der Waals surface area contributed by atoms with Crippen LogP contribution in [0.1, 0.15) is 13.3 Å². The molecule has 0 aromatic carbocycles. The average molecular weight is 177 g/mol. The Kier molecular flexibility index (Phi) is 8.81. The van der Waals surface area contributed by atoms with Crippen LogP contribution in [0.15, 0.2) is 0 Å². The predicted molar refractivity (Wildman–Crippen MR) is 47.1 cm³/mol. The van der Waals surface area contributed by atoms with Crippen LogP contribution in [-0.4, -0.2) is 49.2 Å². The van der Waals surface area contributed by atoms with Gasteiger partial charge < -0.3 is 20.3 Å². The van der Waals surface area contributed by atoms with Gasteiger partial charge in [0.2, 0.25) is 0 Å². The molecule has 0 spiro atoms. The van der Waals surface area contributed by atoms with Gasteiger partial charge in [0.15, 0.2) is 0 Å². The van der Waals surface area contributed by atoms with E-state index < -0.39 is 0 Å². The molecule has 0 rings (SSSR count). The van der Waals surface area contributed by atoms with E-state index in [2.05, 4.69) is 5.32 Å². The molecule has 0 aliphatic carbocycles. The van der Waals surface area contributed by atoms with Crippen LogP contribution in [0.25, 0.3) is 0 Å². The fourth-order valence-electron chi connectivity index (χ4n) is 0.893. The molecular formula is C8H19NO3. The minimum atomic E-state index is -0.00421. The Hall–Kier alpha value is -0.160. The second kappa shape index (κ2) is 8.93. The highest BCUT2D eigenvalue weighted by Gasteiger charge is 2.03. The molecule has 1 unspecified atom stereocenters. The van der Waals surface area contributed by atoms with Gasteiger partial charge in [0.1, 0.15) is 0 Å². The van der Waals surface area contributed by atoms with E-state index in [1.54, 1.807) is 0 Å². The lowest BCUT2D eigenvalue weighted by Crippen LogP contribution is -2.35. The Balaban J connectivity index is 3.19. The first-order valence-corrected chi connectivity index (χ1v) is 4.38. The standard InChI is InChI=1S/C8H19NO3/c1-2-12-6-4-9-8(7-11)3-5-10/h8-11H,2-7H2,1H3. The largest absolute Gasteiger partial charge is 0.396 e. The van der Waals surface area contributed by atoms with Crippen LogP contribution in [0.5, 0.6) is 0 Å². The summed E-state index contributed by atoms with van der Waals surface area (Å²) in [4.78, 5) is 0. The van der Waals surface area contributed by atoms with Crippen molar-refractivity contribution in [2.45, 2.75) is 19.4 Å². The highest BCUT2D eigenvalue weighted by atomic mass is 16.5. The molecule has 0 amide bonds. The van der Waals surface area contributed by atoms with Crippen LogP contribution in [0.3, 0.4) is 0 Å². The van der Waals surface area contributed by atoms with Crippen molar-refractivity contribution in [2.75, 3.05) is 33.0 Å². The van der Waals surface area contributed by atoms with Gasteiger partial charge in [0, 0.05) is 25.8 Å². The van der Waals surface area contributed by atoms with Crippen LogP contribution in [0, 0.1) is 0 Å². The molecule has 0 aliphatic rings. The lowest BCUT2D eigenvalue weighted by molar-refractivity contribution is 0.137. The van der Waals surface area contributed by atoms with Gasteiger partial charge in [-0.2, -0.15) is 0 Å². The van der Waals surface area contributed by atoms with E-state index in [1.807, 2.05) is 6.92 Å². The maximum Gasteiger partial charge on any atom is 0.0590 e. The number of hydrogen-bond donors (Lipinski definition) is 3. The van der Waals surface area contributed by atoms with E-state index in [0.29, 0.717) is 19.6 Å². The molecule has 0 aliphatic heterocycles. The lowest BCUT2D eigenvalue weighted by atomic mass is 10.2. The Morgan fingerprint density at radius 3 is 2.67 bits per heavy atom. The molecule has 12 heavy (non-hydrogen) atoms. The third-order valence-corrected chi connectivity index (χ3v) is 1.58. The molecule has 3 N–H and O–H groups in total. The first-order chi connectivity index (χ1) is 5.85. The molecule has 0 bridgehead atoms. The smallest absolute Gasteiger partial charge is 0.0590 e. The van der Waals surface area contributed by atoms with Gasteiger partial charge >= 0.3 is 0 Å². The third kappa shape index (κ3) is 6.54. The summed E-state index contributed by atoms with van der Waals surface area (Å²) < 4.78 is 5.10. The first-order valence-electron chi connectivity index (χ1n) is 4.38. The van der Waals surface area contributed by atoms with Crippen molar-refractivity contribution in [1.82, 2.24) is 5.32 Å². The zero-order valence-electron chi connectivity index (χ0n) is 7.62. The van der Waals surface area contributed by atoms with Gasteiger partial charge in [-0.3, -0.25) is 0 Å². The second-order valence-electron chi connectivity index (χ2n) is 2.54. The minimum Gasteiger partial charge on any atom is -0.396 e. The van der Waals surface area contributed by atoms with E-state index in [-0.39, 0.29) is 19.3 Å². The molecule has 0 aromatic rings. The number of ether oxygens (including phenoxy) is 1. The first kappa shape index (κ1) is 11.8. The Bertz CT molecular complexity index is 90.4. The van der Waals surface area contributed by atoms with Crippen LogP contribution in [0.2, 0.25) is 0 Å². The van der Waals surface area contributed by atoms with Gasteiger partial charge in [0.25, 0.3) is 0 Å². The Labute approximate surface area is 73.5 Å². The highest BCUT2D eigenvalue weighted by molar-refractivity contribution is 4.63. The summed E-state index contributed by atoms with van der Waals surface area (Å²) in [5, 5.41) is 20.5. The zero-order chi connectivity index (χ0) is 9.23. The predicted octanol–water partition coefficient (Wildman–Crippen LogP) is -0.644. The molecule has 1 atom stereocenters. The maximum atomic E-state index is 8.80. The monoisotopic (exact) mass is 177 g/mol. The van der Waals surface area contributed by atoms with Gasteiger partial charge in [-0.05, 0) is 13.3 Å². The number of nitrogens with one attached hydrogen (secondary N) is 1. The quantitative estimate of drug-likeness (QED) is 0.431. The van der Waals surface area contributed by atoms with E-state index in [1.165, 1.54) is 0 Å². The van der Waals surface area contributed by atoms with Crippen molar-refractivity contribution >= 4 is 0 Å². The number of hydrogen-bond acceptors (Lipinski definition) is 4. The van der Waals surface area contributed by atoms with Crippen molar-refractivity contribution in [3.05, 3.63) is 0 Å². The van der Waals surface area contributed by atoms with E-state index in [4.69, 9.17) is 14.9 Å². The van der Waals surface area contributed by atoms with E-state index >= 15 is 0 Å². The van der Waals surface area contributed by atoms with Crippen molar-refractivity contribution in [2.24, 2.45) is 0 Å². The molecule has 0 saturated heterocycles. The summed E-state index contributed by atoms with van der Waals surface area (Å²) in [6, 6.07) is -0.00421. The fourth-order valence-corrected chi connectivity index (χ4v) is 0.893. The van der Waals surface area contributed by atoms with Gasteiger partial charge in [-0.1, -0.05) is 0 Å². The van der Waals surface area contributed by atoms with Crippen LogP contribution >= 0.6 is 0 Å². The topological polar surface area (TPSA) is 61.7 Å². The number of aliphatic hydroxyl groups excluding tert-OH is 2. The van der Waals surface area contributed by atoms with E-state index in [0.717, 1.165) is 6.54 Å². The Morgan fingerprint density at radius 1 is 1.42 bits per heavy atom. The molecule has 0 aromatic heterocycles. The molecule has 0 heterocycles. The average Bonchev–Trinajstić information content (AvgIpc) is 2.10. The van der Waals surface area contributed by atoms with Crippen LogP contribution in [0.4, 0.5) is 0 Å². The molecule has 4 heteroatoms. The minimum absolute atomic E-state index is 0.00421. The summed E-state index contributed by atoms with van der Waals surface area (Å²) in [5.74, 6) is 0. The maximum absolute atomic E-state index is 8.80. The van der Waals surface area contributed by atoms with Crippen molar-refractivity contribution in [1.29, 1.82) is 0 Å². The summed E-state index contributed by atoms with van der Waals surface area (Å²) in [6.07, 6.45) is 0.586. The van der Waals surface area contributed by atoms with Gasteiger partial charge in [0.05, 0.1) is 13.2 Å². The molecule has 74 valence electrons. The number of rotatable bonds is 8. The zero-order valence-corrected chi connectivity index (χ0v) is 7.62. The Morgan fingerprint density at radius 2 is 2.17 bits per heavy atom. The van der Waals surface area contributed by atoms with E-state index in [9.17, 15) is 0 Å². The van der Waals surface area contributed by atoms with Crippen LogP contribution in [-0.2, 0) is 4.74 Å². The normalized spacial score (nSPS) is 13.2. The number of aliphatic hydroxyl groups is 2. The second-order valence-corrected chi connectivity index (χ2v) is 2.54. The van der Waals surface area contributed by atoms with Gasteiger partial charge in [-0.15, -0.1) is 0 Å². The van der Waals surface area contributed by atoms with Crippen LogP contribution < -0.4 is 5.32 Å². The summed E-state index contributed by atoms with van der Waals surface area (Å²) in [6.45, 7) is 4.19. The summed E-state index contributed by atoms with van der Waals surface area (Å²) in [5.41, 5.74) is 0. The molecule has 0 fully saturated rings. The van der Waals surface area contributed by atoms with Crippen molar-refractivity contribution in [3.63, 3.8) is 0 Å². The molecule has 0 saturated carbocycles. The molecule has 4 nitrogen and oxygen atoms in total. The van der Waals surface area contributed by atoms with Crippen molar-refractivity contribution < 1.29 is 14.9 Å². The molecule has 0 radical (unpaired) electrons. The third-order valence-electron chi connectivity index (χ3n) is 1.58.